The van der Waals surface area contributed by atoms with E-state index in [1.54, 1.807) is 6.92 Å². The van der Waals surface area contributed by atoms with Crippen LogP contribution in [0.1, 0.15) is 27.7 Å². The Labute approximate surface area is 121 Å². The van der Waals surface area contributed by atoms with E-state index in [4.69, 9.17) is 18.9 Å². The number of rotatable bonds is 3. The molecule has 1 heterocycles. The maximum Gasteiger partial charge on any atom is 0.303 e. The Morgan fingerprint density at radius 2 is 1.43 bits per heavy atom. The molecule has 0 amide bonds. The first-order valence-corrected chi connectivity index (χ1v) is 6.58. The van der Waals surface area contributed by atoms with Crippen LogP contribution >= 0.6 is 0 Å². The van der Waals surface area contributed by atoms with Gasteiger partial charge in [0.15, 0.2) is 18.3 Å². The molecule has 2 aliphatic rings. The molecule has 0 radical (unpaired) electrons. The summed E-state index contributed by atoms with van der Waals surface area (Å²) in [7, 11) is 0. The molecule has 21 heavy (non-hydrogen) atoms. The van der Waals surface area contributed by atoms with E-state index >= 15 is 0 Å². The molecule has 0 aromatic heterocycles. The van der Waals surface area contributed by atoms with Crippen LogP contribution in [0.15, 0.2) is 0 Å². The number of aliphatic hydroxyl groups is 1. The van der Waals surface area contributed by atoms with Crippen molar-refractivity contribution < 1.29 is 38.4 Å². The van der Waals surface area contributed by atoms with Gasteiger partial charge in [-0.3, -0.25) is 14.4 Å². The third-order valence-corrected chi connectivity index (χ3v) is 3.51. The summed E-state index contributed by atoms with van der Waals surface area (Å²) >= 11 is 0. The summed E-state index contributed by atoms with van der Waals surface area (Å²) < 4.78 is 20.7. The lowest BCUT2D eigenvalue weighted by Gasteiger charge is -2.35. The second-order valence-corrected chi connectivity index (χ2v) is 5.28. The van der Waals surface area contributed by atoms with Gasteiger partial charge in [-0.2, -0.15) is 0 Å². The Kier molecular flexibility index (Phi) is 3.94. The number of hydrogen-bond donors (Lipinski definition) is 1. The van der Waals surface area contributed by atoms with E-state index in [2.05, 4.69) is 0 Å². The van der Waals surface area contributed by atoms with E-state index in [-0.39, 0.29) is 0 Å². The Hall–Kier alpha value is -1.67. The largest absolute Gasteiger partial charge is 0.458 e. The maximum atomic E-state index is 11.3. The van der Waals surface area contributed by atoms with Crippen LogP contribution < -0.4 is 0 Å². The fourth-order valence-electron chi connectivity index (χ4n) is 2.76. The van der Waals surface area contributed by atoms with E-state index in [0.717, 1.165) is 0 Å². The van der Waals surface area contributed by atoms with E-state index in [1.807, 2.05) is 0 Å². The number of fused-ring (bicyclic) bond motifs is 1. The topological polar surface area (TPSA) is 108 Å². The molecule has 0 bridgehead atoms. The highest BCUT2D eigenvalue weighted by Gasteiger charge is 2.78. The molecule has 1 aliphatic carbocycles. The zero-order valence-corrected chi connectivity index (χ0v) is 12.2. The molecule has 8 heteroatoms. The first-order valence-electron chi connectivity index (χ1n) is 6.58. The van der Waals surface area contributed by atoms with Crippen LogP contribution in [0.3, 0.4) is 0 Å². The van der Waals surface area contributed by atoms with Crippen LogP contribution in [0.2, 0.25) is 0 Å². The van der Waals surface area contributed by atoms with Crippen molar-refractivity contribution in [3.63, 3.8) is 0 Å². The van der Waals surface area contributed by atoms with Crippen molar-refractivity contribution >= 4 is 17.9 Å². The molecular weight excluding hydrogens is 284 g/mol. The van der Waals surface area contributed by atoms with Crippen molar-refractivity contribution in [2.75, 3.05) is 0 Å². The Morgan fingerprint density at radius 1 is 0.952 bits per heavy atom. The summed E-state index contributed by atoms with van der Waals surface area (Å²) in [6.45, 7) is 5.19. The standard InChI is InChI=1S/C13H18O8/c1-5-10(18-6(2)14)11(19-7(3)15)9-12(20-8(4)16)13(9,17)21-5/h5,9-12,17H,1-4H3/t5?,9?,10-,11?,12?,13?/m1/s1. The van der Waals surface area contributed by atoms with Gasteiger partial charge in [0.25, 0.3) is 0 Å². The quantitative estimate of drug-likeness (QED) is 0.550. The minimum atomic E-state index is -1.72. The van der Waals surface area contributed by atoms with Crippen molar-refractivity contribution in [2.24, 2.45) is 5.92 Å². The molecule has 1 saturated heterocycles. The van der Waals surface area contributed by atoms with E-state index < -0.39 is 54.0 Å². The van der Waals surface area contributed by atoms with Gasteiger partial charge in [0, 0.05) is 20.8 Å². The van der Waals surface area contributed by atoms with E-state index in [1.165, 1.54) is 20.8 Å². The van der Waals surface area contributed by atoms with E-state index in [9.17, 15) is 19.5 Å². The van der Waals surface area contributed by atoms with Crippen LogP contribution in [0.5, 0.6) is 0 Å². The Bertz CT molecular complexity index is 475. The fourth-order valence-corrected chi connectivity index (χ4v) is 2.76. The lowest BCUT2D eigenvalue weighted by molar-refractivity contribution is -0.255. The lowest BCUT2D eigenvalue weighted by Crippen LogP contribution is -2.51. The summed E-state index contributed by atoms with van der Waals surface area (Å²) in [6, 6.07) is 0. The predicted octanol–water partition coefficient (Wildman–Crippen LogP) is -0.481. The van der Waals surface area contributed by atoms with Gasteiger partial charge >= 0.3 is 17.9 Å². The third-order valence-electron chi connectivity index (χ3n) is 3.51. The number of ether oxygens (including phenoxy) is 4. The molecule has 0 aromatic carbocycles. The SMILES string of the molecule is CC(=O)OC1C2C(OC(C)=O)C2(O)OC(C)[C@H]1OC(C)=O. The van der Waals surface area contributed by atoms with E-state index in [0.29, 0.717) is 0 Å². The van der Waals surface area contributed by atoms with Gasteiger partial charge in [0.05, 0.1) is 12.0 Å². The van der Waals surface area contributed by atoms with Gasteiger partial charge in [0.1, 0.15) is 0 Å². The molecule has 8 nitrogen and oxygen atoms in total. The van der Waals surface area contributed by atoms with Gasteiger partial charge in [0.2, 0.25) is 5.79 Å². The highest BCUT2D eigenvalue weighted by atomic mass is 16.7. The van der Waals surface area contributed by atoms with Crippen molar-refractivity contribution in [2.45, 2.75) is 57.9 Å². The Balaban J connectivity index is 2.24. The smallest absolute Gasteiger partial charge is 0.303 e. The van der Waals surface area contributed by atoms with Crippen LogP contribution in [-0.4, -0.2) is 53.2 Å². The summed E-state index contributed by atoms with van der Waals surface area (Å²) in [5.74, 6) is -4.26. The van der Waals surface area contributed by atoms with Gasteiger partial charge in [-0.05, 0) is 6.92 Å². The van der Waals surface area contributed by atoms with Crippen LogP contribution in [-0.2, 0) is 33.3 Å². The van der Waals surface area contributed by atoms with Crippen molar-refractivity contribution in [3.8, 4) is 0 Å². The number of hydrogen-bond acceptors (Lipinski definition) is 8. The number of carbonyl (C=O) groups excluding carboxylic acids is 3. The number of carbonyl (C=O) groups is 3. The highest BCUT2D eigenvalue weighted by Crippen LogP contribution is 2.55. The van der Waals surface area contributed by atoms with Crippen molar-refractivity contribution in [1.82, 2.24) is 0 Å². The molecule has 1 aliphatic heterocycles. The molecule has 0 aromatic rings. The summed E-state index contributed by atoms with van der Waals surface area (Å²) in [6.07, 6.45) is -3.50. The molecule has 2 fully saturated rings. The zero-order chi connectivity index (χ0) is 15.9. The average Bonchev–Trinajstić information content (AvgIpc) is 2.85. The third kappa shape index (κ3) is 2.86. The molecular formula is C13H18O8. The van der Waals surface area contributed by atoms with Crippen molar-refractivity contribution in [1.29, 1.82) is 0 Å². The van der Waals surface area contributed by atoms with Crippen LogP contribution in [0.4, 0.5) is 0 Å². The summed E-state index contributed by atoms with van der Waals surface area (Å²) in [5, 5.41) is 10.3. The highest BCUT2D eigenvalue weighted by molar-refractivity contribution is 5.68. The summed E-state index contributed by atoms with van der Waals surface area (Å²) in [5.41, 5.74) is 0. The van der Waals surface area contributed by atoms with Crippen LogP contribution in [0.25, 0.3) is 0 Å². The van der Waals surface area contributed by atoms with Gasteiger partial charge < -0.3 is 24.1 Å². The molecule has 6 atom stereocenters. The first kappa shape index (κ1) is 15.7. The molecule has 118 valence electrons. The minimum Gasteiger partial charge on any atom is -0.458 e. The maximum absolute atomic E-state index is 11.3. The molecule has 2 rings (SSSR count). The minimum absolute atomic E-state index is 0.567. The van der Waals surface area contributed by atoms with Crippen molar-refractivity contribution in [3.05, 3.63) is 0 Å². The van der Waals surface area contributed by atoms with Gasteiger partial charge in [-0.15, -0.1) is 0 Å². The second kappa shape index (κ2) is 5.27. The zero-order valence-electron chi connectivity index (χ0n) is 12.2. The average molecular weight is 302 g/mol. The normalized spacial score (nSPS) is 40.7. The van der Waals surface area contributed by atoms with Gasteiger partial charge in [-0.25, -0.2) is 0 Å². The van der Waals surface area contributed by atoms with Gasteiger partial charge in [-0.1, -0.05) is 0 Å². The molecule has 0 spiro atoms. The molecule has 5 unspecified atom stereocenters. The fraction of sp³-hybridized carbons (Fsp3) is 0.769. The monoisotopic (exact) mass is 302 g/mol. The number of esters is 3. The van der Waals surface area contributed by atoms with Crippen LogP contribution in [0, 0.1) is 5.92 Å². The molecule has 1 saturated carbocycles. The second-order valence-electron chi connectivity index (χ2n) is 5.28. The first-order chi connectivity index (χ1) is 9.66. The summed E-state index contributed by atoms with van der Waals surface area (Å²) in [4.78, 5) is 33.5. The lowest BCUT2D eigenvalue weighted by atomic mass is 10.0. The molecule has 1 N–H and O–H groups in total. The predicted molar refractivity (Wildman–Crippen MR) is 65.6 cm³/mol. The Morgan fingerprint density at radius 3 is 1.90 bits per heavy atom.